The number of halogens is 4. The van der Waals surface area contributed by atoms with Crippen LogP contribution in [0.4, 0.5) is 5.69 Å². The molecule has 0 unspecified atom stereocenters. The van der Waals surface area contributed by atoms with Crippen LogP contribution in [0.25, 0.3) is 0 Å². The van der Waals surface area contributed by atoms with Crippen molar-refractivity contribution in [1.82, 2.24) is 5.43 Å². The molecule has 0 bridgehead atoms. The molecular weight excluding hydrogens is 512 g/mol. The number of esters is 1. The Morgan fingerprint density at radius 3 is 2.33 bits per heavy atom. The Kier molecular flexibility index (Phi) is 8.30. The number of benzene rings is 3. The molecule has 2 N–H and O–H groups in total. The van der Waals surface area contributed by atoms with Gasteiger partial charge in [0, 0.05) is 10.7 Å². The predicted molar refractivity (Wildman–Crippen MR) is 129 cm³/mol. The highest BCUT2D eigenvalue weighted by molar-refractivity contribution is 6.43. The molecule has 0 radical (unpaired) electrons. The molecule has 0 fully saturated rings. The quantitative estimate of drug-likeness (QED) is 0.149. The molecule has 0 saturated carbocycles. The van der Waals surface area contributed by atoms with Gasteiger partial charge in [0.2, 0.25) is 0 Å². The predicted octanol–water partition coefficient (Wildman–Crippen LogP) is 5.61. The van der Waals surface area contributed by atoms with E-state index in [1.165, 1.54) is 48.7 Å². The van der Waals surface area contributed by atoms with E-state index in [9.17, 15) is 14.4 Å². The molecule has 168 valence electrons. The summed E-state index contributed by atoms with van der Waals surface area (Å²) in [4.78, 5) is 36.2. The Hall–Kier alpha value is -3.10. The molecular formula is C22H13Cl4N3O4. The number of hydrogen-bond acceptors (Lipinski definition) is 5. The third-order valence-electron chi connectivity index (χ3n) is 3.98. The van der Waals surface area contributed by atoms with Crippen LogP contribution in [-0.2, 0) is 9.59 Å². The third kappa shape index (κ3) is 6.94. The maximum absolute atomic E-state index is 12.3. The molecule has 33 heavy (non-hydrogen) atoms. The Morgan fingerprint density at radius 2 is 1.61 bits per heavy atom. The van der Waals surface area contributed by atoms with Gasteiger partial charge in [-0.15, -0.1) is 0 Å². The lowest BCUT2D eigenvalue weighted by Crippen LogP contribution is -2.32. The fourth-order valence-electron chi connectivity index (χ4n) is 2.45. The van der Waals surface area contributed by atoms with Crippen molar-refractivity contribution in [3.8, 4) is 5.75 Å². The fraction of sp³-hybridized carbons (Fsp3) is 0. The second-order valence-electron chi connectivity index (χ2n) is 6.37. The van der Waals surface area contributed by atoms with Crippen LogP contribution in [0.5, 0.6) is 5.75 Å². The first-order valence-electron chi connectivity index (χ1n) is 9.09. The molecule has 3 aromatic carbocycles. The summed E-state index contributed by atoms with van der Waals surface area (Å²) in [5.74, 6) is -2.40. The SMILES string of the molecule is O=C(N/N=C\c1cccc(OC(=O)c2ccc(Cl)cc2Cl)c1)C(=O)Nc1ccc(Cl)c(Cl)c1. The van der Waals surface area contributed by atoms with Gasteiger partial charge in [0.1, 0.15) is 5.75 Å². The number of carbonyl (C=O) groups is 3. The standard InChI is InChI=1S/C22H13Cl4N3O4/c23-13-4-6-16(18(25)9-13)22(32)33-15-3-1-2-12(8-15)11-27-29-21(31)20(30)28-14-5-7-17(24)19(26)10-14/h1-11H,(H,28,30)(H,29,31)/b27-11-. The molecule has 0 saturated heterocycles. The van der Waals surface area contributed by atoms with E-state index >= 15 is 0 Å². The van der Waals surface area contributed by atoms with Gasteiger partial charge in [-0.1, -0.05) is 58.5 Å². The Morgan fingerprint density at radius 1 is 0.818 bits per heavy atom. The van der Waals surface area contributed by atoms with Gasteiger partial charge in [0.15, 0.2) is 0 Å². The first-order chi connectivity index (χ1) is 15.7. The summed E-state index contributed by atoms with van der Waals surface area (Å²) in [6.07, 6.45) is 1.27. The molecule has 3 aromatic rings. The minimum absolute atomic E-state index is 0.153. The van der Waals surface area contributed by atoms with Crippen molar-refractivity contribution in [2.24, 2.45) is 5.10 Å². The minimum atomic E-state index is -1.00. The smallest absolute Gasteiger partial charge is 0.345 e. The Labute approximate surface area is 208 Å². The molecule has 0 heterocycles. The van der Waals surface area contributed by atoms with Crippen molar-refractivity contribution in [2.45, 2.75) is 0 Å². The van der Waals surface area contributed by atoms with E-state index in [0.29, 0.717) is 21.3 Å². The van der Waals surface area contributed by atoms with Crippen LogP contribution in [-0.4, -0.2) is 24.0 Å². The largest absolute Gasteiger partial charge is 0.423 e. The lowest BCUT2D eigenvalue weighted by Gasteiger charge is -2.07. The van der Waals surface area contributed by atoms with Crippen LogP contribution in [0.3, 0.4) is 0 Å². The number of anilines is 1. The summed E-state index contributed by atoms with van der Waals surface area (Å²) in [6, 6.07) is 15.1. The number of nitrogens with zero attached hydrogens (tertiary/aromatic N) is 1. The average Bonchev–Trinajstić information content (AvgIpc) is 2.76. The highest BCUT2D eigenvalue weighted by Gasteiger charge is 2.15. The van der Waals surface area contributed by atoms with Gasteiger partial charge in [0.25, 0.3) is 0 Å². The van der Waals surface area contributed by atoms with Crippen molar-refractivity contribution in [1.29, 1.82) is 0 Å². The normalized spacial score (nSPS) is 10.7. The number of amides is 2. The first kappa shape index (κ1) is 24.5. The maximum Gasteiger partial charge on any atom is 0.345 e. The summed E-state index contributed by atoms with van der Waals surface area (Å²) in [5.41, 5.74) is 3.04. The van der Waals surface area contributed by atoms with Gasteiger partial charge < -0.3 is 10.1 Å². The van der Waals surface area contributed by atoms with Crippen molar-refractivity contribution in [3.63, 3.8) is 0 Å². The molecule has 0 spiro atoms. The monoisotopic (exact) mass is 523 g/mol. The van der Waals surface area contributed by atoms with Crippen molar-refractivity contribution < 1.29 is 19.1 Å². The number of rotatable bonds is 5. The zero-order valence-corrected chi connectivity index (χ0v) is 19.5. The molecule has 11 heteroatoms. The highest BCUT2D eigenvalue weighted by Crippen LogP contribution is 2.25. The van der Waals surface area contributed by atoms with Crippen molar-refractivity contribution >= 4 is 76.1 Å². The summed E-state index contributed by atoms with van der Waals surface area (Å²) in [5, 5.41) is 7.19. The molecule has 0 aliphatic heterocycles. The molecule has 2 amide bonds. The van der Waals surface area contributed by atoms with Gasteiger partial charge in [0.05, 0.1) is 26.8 Å². The lowest BCUT2D eigenvalue weighted by atomic mass is 10.2. The molecule has 0 atom stereocenters. The summed E-state index contributed by atoms with van der Waals surface area (Å²) < 4.78 is 5.31. The lowest BCUT2D eigenvalue weighted by molar-refractivity contribution is -0.136. The van der Waals surface area contributed by atoms with E-state index in [0.717, 1.165) is 0 Å². The van der Waals surface area contributed by atoms with Crippen LogP contribution in [0.2, 0.25) is 20.1 Å². The van der Waals surface area contributed by atoms with E-state index in [4.69, 9.17) is 51.1 Å². The Bertz CT molecular complexity index is 1260. The number of ether oxygens (including phenoxy) is 1. The van der Waals surface area contributed by atoms with Crippen LogP contribution in [0, 0.1) is 0 Å². The van der Waals surface area contributed by atoms with Crippen LogP contribution >= 0.6 is 46.4 Å². The molecule has 3 rings (SSSR count). The zero-order chi connectivity index (χ0) is 24.0. The number of nitrogens with one attached hydrogen (secondary N) is 2. The van der Waals surface area contributed by atoms with E-state index in [1.807, 2.05) is 0 Å². The molecule has 0 aromatic heterocycles. The van der Waals surface area contributed by atoms with Crippen molar-refractivity contribution in [2.75, 3.05) is 5.32 Å². The van der Waals surface area contributed by atoms with Gasteiger partial charge in [-0.25, -0.2) is 10.2 Å². The zero-order valence-electron chi connectivity index (χ0n) is 16.4. The fourth-order valence-corrected chi connectivity index (χ4v) is 3.24. The van der Waals surface area contributed by atoms with Crippen LogP contribution < -0.4 is 15.5 Å². The number of carbonyl (C=O) groups excluding carboxylic acids is 3. The second-order valence-corrected chi connectivity index (χ2v) is 8.03. The topological polar surface area (TPSA) is 96.9 Å². The Balaban J connectivity index is 1.58. The maximum atomic E-state index is 12.3. The highest BCUT2D eigenvalue weighted by atomic mass is 35.5. The summed E-state index contributed by atoms with van der Waals surface area (Å²) in [6.45, 7) is 0. The van der Waals surface area contributed by atoms with Crippen molar-refractivity contribution in [3.05, 3.63) is 91.9 Å². The van der Waals surface area contributed by atoms with E-state index in [2.05, 4.69) is 15.8 Å². The van der Waals surface area contributed by atoms with E-state index in [1.54, 1.807) is 18.2 Å². The van der Waals surface area contributed by atoms with Gasteiger partial charge in [-0.3, -0.25) is 9.59 Å². The van der Waals surface area contributed by atoms with E-state index < -0.39 is 17.8 Å². The van der Waals surface area contributed by atoms with Crippen LogP contribution in [0.15, 0.2) is 65.8 Å². The van der Waals surface area contributed by atoms with E-state index in [-0.39, 0.29) is 21.4 Å². The second kappa shape index (κ2) is 11.2. The van der Waals surface area contributed by atoms with Gasteiger partial charge in [-0.05, 0) is 54.1 Å². The first-order valence-corrected chi connectivity index (χ1v) is 10.6. The third-order valence-corrected chi connectivity index (χ3v) is 5.27. The average molecular weight is 525 g/mol. The molecule has 0 aliphatic carbocycles. The molecule has 0 aliphatic rings. The summed E-state index contributed by atoms with van der Waals surface area (Å²) in [7, 11) is 0. The molecule has 7 nitrogen and oxygen atoms in total. The number of hydrogen-bond donors (Lipinski definition) is 2. The summed E-state index contributed by atoms with van der Waals surface area (Å²) >= 11 is 23.5. The van der Waals surface area contributed by atoms with Gasteiger partial charge in [-0.2, -0.15) is 5.10 Å². The van der Waals surface area contributed by atoms with Crippen LogP contribution in [0.1, 0.15) is 15.9 Å². The van der Waals surface area contributed by atoms with Gasteiger partial charge >= 0.3 is 17.8 Å². The minimum Gasteiger partial charge on any atom is -0.423 e. The number of hydrazone groups is 1.